The molecule has 120 valence electrons. The fourth-order valence-electron chi connectivity index (χ4n) is 1.83. The van der Waals surface area contributed by atoms with E-state index in [9.17, 15) is 4.79 Å². The maximum Gasteiger partial charge on any atom is 0.232 e. The smallest absolute Gasteiger partial charge is 0.232 e. The van der Waals surface area contributed by atoms with Crippen LogP contribution in [0.2, 0.25) is 10.0 Å². The second-order valence-electron chi connectivity index (χ2n) is 4.79. The monoisotopic (exact) mass is 460 g/mol. The third-order valence-corrected chi connectivity index (χ3v) is 4.23. The Balaban J connectivity index is 0.00000400. The molecule has 21 heavy (non-hydrogen) atoms. The lowest BCUT2D eigenvalue weighted by atomic mass is 10.2. The van der Waals surface area contributed by atoms with Crippen LogP contribution in [0.15, 0.2) is 18.2 Å². The molecule has 0 atom stereocenters. The maximum absolute atomic E-state index is 11.4. The first-order valence-electron chi connectivity index (χ1n) is 6.36. The van der Waals surface area contributed by atoms with Crippen LogP contribution < -0.4 is 0 Å². The standard InChI is InChI=1S/C14H19BrCl2N2O.BrH/c1-18(6-3-7-19(2)14(20)9-15)10-11-4-5-12(16)13(17)8-11;/h4-5,8H,3,6-7,9-10H2,1-2H3;1H. The summed E-state index contributed by atoms with van der Waals surface area (Å²) in [6.07, 6.45) is 0.938. The van der Waals surface area contributed by atoms with E-state index < -0.39 is 0 Å². The van der Waals surface area contributed by atoms with Gasteiger partial charge in [-0.05, 0) is 37.7 Å². The molecule has 0 spiro atoms. The van der Waals surface area contributed by atoms with Gasteiger partial charge in [-0.15, -0.1) is 17.0 Å². The quantitative estimate of drug-likeness (QED) is 0.566. The number of carbonyl (C=O) groups excluding carboxylic acids is 1. The van der Waals surface area contributed by atoms with Gasteiger partial charge in [0.2, 0.25) is 5.91 Å². The van der Waals surface area contributed by atoms with E-state index in [1.165, 1.54) is 0 Å². The molecule has 1 aromatic rings. The largest absolute Gasteiger partial charge is 0.345 e. The fraction of sp³-hybridized carbons (Fsp3) is 0.500. The van der Waals surface area contributed by atoms with Crippen molar-refractivity contribution in [2.24, 2.45) is 0 Å². The summed E-state index contributed by atoms with van der Waals surface area (Å²) < 4.78 is 0. The average Bonchev–Trinajstić information content (AvgIpc) is 2.41. The molecule has 7 heteroatoms. The van der Waals surface area contributed by atoms with Gasteiger partial charge in [0.1, 0.15) is 0 Å². The van der Waals surface area contributed by atoms with Crippen molar-refractivity contribution in [3.05, 3.63) is 33.8 Å². The van der Waals surface area contributed by atoms with Gasteiger partial charge in [0.05, 0.1) is 15.4 Å². The van der Waals surface area contributed by atoms with E-state index >= 15 is 0 Å². The molecule has 1 amide bonds. The summed E-state index contributed by atoms with van der Waals surface area (Å²) in [6.45, 7) is 2.49. The van der Waals surface area contributed by atoms with E-state index in [1.807, 2.05) is 25.2 Å². The number of alkyl halides is 1. The first-order chi connectivity index (χ1) is 9.43. The highest BCUT2D eigenvalue weighted by Crippen LogP contribution is 2.23. The summed E-state index contributed by atoms with van der Waals surface area (Å²) in [5.74, 6) is 0.108. The third-order valence-electron chi connectivity index (χ3n) is 3.01. The number of halogens is 4. The Kier molecular flexibility index (Phi) is 10.9. The Morgan fingerprint density at radius 2 is 1.86 bits per heavy atom. The number of nitrogens with zero attached hydrogens (tertiary/aromatic N) is 2. The van der Waals surface area contributed by atoms with Crippen LogP contribution >= 0.6 is 56.1 Å². The first-order valence-corrected chi connectivity index (χ1v) is 8.24. The SMILES string of the molecule is Br.CN(CCCN(C)C(=O)CBr)Cc1ccc(Cl)c(Cl)c1. The molecule has 0 fully saturated rings. The molecule has 0 N–H and O–H groups in total. The van der Waals surface area contributed by atoms with E-state index in [2.05, 4.69) is 27.9 Å². The zero-order valence-electron chi connectivity index (χ0n) is 12.1. The summed E-state index contributed by atoms with van der Waals surface area (Å²) >= 11 is 15.1. The van der Waals surface area contributed by atoms with E-state index in [0.717, 1.165) is 31.6 Å². The Bertz CT molecular complexity index is 461. The number of carbonyl (C=O) groups is 1. The normalized spacial score (nSPS) is 10.4. The van der Waals surface area contributed by atoms with Gasteiger partial charge in [0.15, 0.2) is 0 Å². The van der Waals surface area contributed by atoms with Crippen molar-refractivity contribution in [1.82, 2.24) is 9.80 Å². The van der Waals surface area contributed by atoms with Crippen LogP contribution in [0.5, 0.6) is 0 Å². The Labute approximate surface area is 155 Å². The molecule has 0 unspecified atom stereocenters. The minimum atomic E-state index is 0. The lowest BCUT2D eigenvalue weighted by Crippen LogP contribution is -2.31. The minimum Gasteiger partial charge on any atom is -0.345 e. The van der Waals surface area contributed by atoms with Crippen molar-refractivity contribution in [2.45, 2.75) is 13.0 Å². The maximum atomic E-state index is 11.4. The topological polar surface area (TPSA) is 23.6 Å². The highest BCUT2D eigenvalue weighted by atomic mass is 79.9. The number of hydrogen-bond acceptors (Lipinski definition) is 2. The van der Waals surface area contributed by atoms with Crippen molar-refractivity contribution in [3.63, 3.8) is 0 Å². The Morgan fingerprint density at radius 3 is 2.43 bits per heavy atom. The summed E-state index contributed by atoms with van der Waals surface area (Å²) in [6, 6.07) is 5.68. The second-order valence-corrected chi connectivity index (χ2v) is 6.16. The highest BCUT2D eigenvalue weighted by Gasteiger charge is 2.07. The van der Waals surface area contributed by atoms with E-state index in [0.29, 0.717) is 15.4 Å². The van der Waals surface area contributed by atoms with Gasteiger partial charge in [-0.25, -0.2) is 0 Å². The average molecular weight is 463 g/mol. The van der Waals surface area contributed by atoms with Crippen molar-refractivity contribution in [3.8, 4) is 0 Å². The molecular formula is C14H20Br2Cl2N2O. The fourth-order valence-corrected chi connectivity index (χ4v) is 2.58. The van der Waals surface area contributed by atoms with Gasteiger partial charge < -0.3 is 9.80 Å². The zero-order chi connectivity index (χ0) is 15.1. The van der Waals surface area contributed by atoms with Crippen LogP contribution in [0, 0.1) is 0 Å². The predicted molar refractivity (Wildman–Crippen MR) is 99.2 cm³/mol. The second kappa shape index (κ2) is 10.8. The molecule has 0 saturated carbocycles. The number of rotatable bonds is 7. The predicted octanol–water partition coefficient (Wildman–Crippen LogP) is 4.25. The van der Waals surface area contributed by atoms with Crippen molar-refractivity contribution in [1.29, 1.82) is 0 Å². The number of benzene rings is 1. The lowest BCUT2D eigenvalue weighted by molar-refractivity contribution is -0.127. The molecule has 0 saturated heterocycles. The molecular weight excluding hydrogens is 443 g/mol. The van der Waals surface area contributed by atoms with Crippen LogP contribution in [0.4, 0.5) is 0 Å². The van der Waals surface area contributed by atoms with Crippen molar-refractivity contribution >= 4 is 62.0 Å². The minimum absolute atomic E-state index is 0. The van der Waals surface area contributed by atoms with Crippen molar-refractivity contribution < 1.29 is 4.79 Å². The van der Waals surface area contributed by atoms with Gasteiger partial charge >= 0.3 is 0 Å². The van der Waals surface area contributed by atoms with E-state index in [4.69, 9.17) is 23.2 Å². The first kappa shape index (κ1) is 21.2. The van der Waals surface area contributed by atoms with Crippen LogP contribution in [0.1, 0.15) is 12.0 Å². The highest BCUT2D eigenvalue weighted by molar-refractivity contribution is 9.09. The van der Waals surface area contributed by atoms with Crippen molar-refractivity contribution in [2.75, 3.05) is 32.5 Å². The molecule has 1 rings (SSSR count). The number of amides is 1. The van der Waals surface area contributed by atoms with Gasteiger partial charge in [-0.1, -0.05) is 45.2 Å². The molecule has 0 heterocycles. The summed E-state index contributed by atoms with van der Waals surface area (Å²) in [5.41, 5.74) is 1.13. The van der Waals surface area contributed by atoms with Gasteiger partial charge in [-0.2, -0.15) is 0 Å². The number of hydrogen-bond donors (Lipinski definition) is 0. The van der Waals surface area contributed by atoms with E-state index in [1.54, 1.807) is 4.90 Å². The van der Waals surface area contributed by atoms with E-state index in [-0.39, 0.29) is 22.9 Å². The molecule has 0 aliphatic heterocycles. The van der Waals surface area contributed by atoms with Gasteiger partial charge in [0.25, 0.3) is 0 Å². The summed E-state index contributed by atoms with van der Waals surface area (Å²) in [4.78, 5) is 15.3. The lowest BCUT2D eigenvalue weighted by Gasteiger charge is -2.20. The molecule has 0 aliphatic carbocycles. The third kappa shape index (κ3) is 7.84. The summed E-state index contributed by atoms with van der Waals surface area (Å²) in [7, 11) is 3.87. The molecule has 0 aliphatic rings. The van der Waals surface area contributed by atoms with Crippen LogP contribution in [-0.2, 0) is 11.3 Å². The van der Waals surface area contributed by atoms with Gasteiger partial charge in [-0.3, -0.25) is 4.79 Å². The van der Waals surface area contributed by atoms with Crippen LogP contribution in [-0.4, -0.2) is 48.2 Å². The Hall–Kier alpha value is 0.190. The zero-order valence-corrected chi connectivity index (χ0v) is 16.9. The molecule has 1 aromatic carbocycles. The molecule has 0 aromatic heterocycles. The van der Waals surface area contributed by atoms with Crippen LogP contribution in [0.3, 0.4) is 0 Å². The van der Waals surface area contributed by atoms with Crippen LogP contribution in [0.25, 0.3) is 0 Å². The molecule has 0 bridgehead atoms. The molecule has 0 radical (unpaired) electrons. The Morgan fingerprint density at radius 1 is 1.19 bits per heavy atom. The molecule has 3 nitrogen and oxygen atoms in total. The summed E-state index contributed by atoms with van der Waals surface area (Å²) in [5, 5.41) is 1.54. The van der Waals surface area contributed by atoms with Gasteiger partial charge in [0, 0.05) is 20.1 Å².